The minimum atomic E-state index is -1.04. The number of carbonyl (C=O) groups excluding carboxylic acids is 3. The summed E-state index contributed by atoms with van der Waals surface area (Å²) in [7, 11) is 0. The van der Waals surface area contributed by atoms with Gasteiger partial charge in [0.1, 0.15) is 17.2 Å². The third-order valence-corrected chi connectivity index (χ3v) is 5.28. The molecule has 2 fully saturated rings. The van der Waals surface area contributed by atoms with Gasteiger partial charge in [-0.05, 0) is 61.2 Å². The number of nitrogens with zero attached hydrogens (tertiary/aromatic N) is 2. The predicted octanol–water partition coefficient (Wildman–Crippen LogP) is 3.54. The quantitative estimate of drug-likeness (QED) is 0.620. The van der Waals surface area contributed by atoms with Gasteiger partial charge in [0, 0.05) is 13.1 Å². The molecule has 2 aromatic carbocycles. The third kappa shape index (κ3) is 3.45. The van der Waals surface area contributed by atoms with Gasteiger partial charge in [0.2, 0.25) is 0 Å². The first-order chi connectivity index (χ1) is 14.4. The minimum Gasteiger partial charge on any atom is -0.369 e. The number of anilines is 2. The summed E-state index contributed by atoms with van der Waals surface area (Å²) in [5, 5.41) is 2.04. The molecule has 0 aliphatic carbocycles. The highest BCUT2D eigenvalue weighted by Gasteiger charge is 2.38. The van der Waals surface area contributed by atoms with Crippen LogP contribution in [0.25, 0.3) is 6.08 Å². The van der Waals surface area contributed by atoms with E-state index in [2.05, 4.69) is 0 Å². The number of carbonyl (C=O) groups is 3. The highest BCUT2D eigenvalue weighted by Crippen LogP contribution is 2.29. The molecule has 2 heterocycles. The molecule has 4 amide bonds. The van der Waals surface area contributed by atoms with Crippen LogP contribution in [0.1, 0.15) is 24.0 Å². The Morgan fingerprint density at radius 1 is 0.967 bits per heavy atom. The van der Waals surface area contributed by atoms with Crippen LogP contribution in [0.2, 0.25) is 0 Å². The van der Waals surface area contributed by atoms with Crippen LogP contribution in [0.4, 0.5) is 25.0 Å². The number of benzene rings is 2. The van der Waals surface area contributed by atoms with Crippen molar-refractivity contribution in [2.75, 3.05) is 22.9 Å². The van der Waals surface area contributed by atoms with Gasteiger partial charge in [-0.2, -0.15) is 0 Å². The second-order valence-electron chi connectivity index (χ2n) is 7.26. The van der Waals surface area contributed by atoms with Gasteiger partial charge in [-0.1, -0.05) is 12.1 Å². The Labute approximate surface area is 171 Å². The molecule has 0 bridgehead atoms. The lowest BCUT2D eigenvalue weighted by molar-refractivity contribution is -0.122. The standard InChI is InChI=1S/C22H19F2N3O3/c1-13-10-19(26-8-4-5-9-26)17(24)12-14(13)11-15-20(28)25-22(30)27(21(15)29)18-7-3-2-6-16(18)23/h2-3,6-7,10-12H,4-5,8-9H2,1H3,(H,25,28,30)/b15-11+. The lowest BCUT2D eigenvalue weighted by Gasteiger charge is -2.26. The largest absolute Gasteiger partial charge is 0.369 e. The molecule has 0 unspecified atom stereocenters. The number of para-hydroxylation sites is 1. The summed E-state index contributed by atoms with van der Waals surface area (Å²) in [6, 6.07) is 7.15. The van der Waals surface area contributed by atoms with Crippen LogP contribution in [0.5, 0.6) is 0 Å². The van der Waals surface area contributed by atoms with E-state index in [0.29, 0.717) is 21.7 Å². The second-order valence-corrected chi connectivity index (χ2v) is 7.26. The average Bonchev–Trinajstić information content (AvgIpc) is 3.23. The van der Waals surface area contributed by atoms with Crippen molar-refractivity contribution >= 4 is 35.3 Å². The van der Waals surface area contributed by atoms with E-state index >= 15 is 0 Å². The first-order valence-corrected chi connectivity index (χ1v) is 9.58. The van der Waals surface area contributed by atoms with Crippen molar-refractivity contribution < 1.29 is 23.2 Å². The topological polar surface area (TPSA) is 69.7 Å². The fourth-order valence-electron chi connectivity index (χ4n) is 3.70. The normalized spacial score (nSPS) is 18.4. The average molecular weight is 411 g/mol. The Morgan fingerprint density at radius 3 is 2.37 bits per heavy atom. The van der Waals surface area contributed by atoms with E-state index in [1.165, 1.54) is 30.3 Å². The number of imide groups is 2. The number of barbiturate groups is 1. The first kappa shape index (κ1) is 19.8. The van der Waals surface area contributed by atoms with Gasteiger partial charge in [0.15, 0.2) is 0 Å². The Hall–Kier alpha value is -3.55. The monoisotopic (exact) mass is 411 g/mol. The predicted molar refractivity (Wildman–Crippen MR) is 108 cm³/mol. The molecule has 30 heavy (non-hydrogen) atoms. The smallest absolute Gasteiger partial charge is 0.336 e. The summed E-state index contributed by atoms with van der Waals surface area (Å²) in [6.07, 6.45) is 3.22. The lowest BCUT2D eigenvalue weighted by Crippen LogP contribution is -2.54. The van der Waals surface area contributed by atoms with Gasteiger partial charge < -0.3 is 4.90 Å². The molecule has 8 heteroatoms. The van der Waals surface area contributed by atoms with Crippen molar-refractivity contribution in [3.8, 4) is 0 Å². The molecular formula is C22H19F2N3O3. The number of hydrogen-bond acceptors (Lipinski definition) is 4. The Kier molecular flexibility index (Phi) is 5.07. The van der Waals surface area contributed by atoms with E-state index in [1.807, 2.05) is 10.2 Å². The lowest BCUT2D eigenvalue weighted by atomic mass is 10.0. The number of aryl methyl sites for hydroxylation is 1. The second kappa shape index (κ2) is 7.70. The zero-order valence-corrected chi connectivity index (χ0v) is 16.2. The summed E-state index contributed by atoms with van der Waals surface area (Å²) in [6.45, 7) is 3.30. The van der Waals surface area contributed by atoms with Gasteiger partial charge in [0.05, 0.1) is 11.4 Å². The molecule has 0 radical (unpaired) electrons. The Morgan fingerprint density at radius 2 is 1.67 bits per heavy atom. The molecule has 2 aromatic rings. The summed E-state index contributed by atoms with van der Waals surface area (Å²) < 4.78 is 28.9. The number of amides is 4. The van der Waals surface area contributed by atoms with Crippen molar-refractivity contribution in [3.63, 3.8) is 0 Å². The van der Waals surface area contributed by atoms with Gasteiger partial charge in [0.25, 0.3) is 11.8 Å². The van der Waals surface area contributed by atoms with Crippen LogP contribution in [0.3, 0.4) is 0 Å². The van der Waals surface area contributed by atoms with Crippen molar-refractivity contribution in [3.05, 3.63) is 64.7 Å². The van der Waals surface area contributed by atoms with Crippen molar-refractivity contribution in [1.82, 2.24) is 5.32 Å². The zero-order chi connectivity index (χ0) is 21.4. The number of nitrogens with one attached hydrogen (secondary N) is 1. The Bertz CT molecular complexity index is 1090. The van der Waals surface area contributed by atoms with Crippen LogP contribution in [0, 0.1) is 18.6 Å². The summed E-state index contributed by atoms with van der Waals surface area (Å²) in [4.78, 5) is 39.9. The maximum Gasteiger partial charge on any atom is 0.336 e. The molecule has 2 aliphatic heterocycles. The number of urea groups is 1. The molecule has 6 nitrogen and oxygen atoms in total. The first-order valence-electron chi connectivity index (χ1n) is 9.58. The van der Waals surface area contributed by atoms with Crippen LogP contribution >= 0.6 is 0 Å². The summed E-state index contributed by atoms with van der Waals surface area (Å²) in [5.74, 6) is -3.13. The molecule has 0 saturated carbocycles. The fraction of sp³-hybridized carbons (Fsp3) is 0.227. The van der Waals surface area contributed by atoms with Gasteiger partial charge in [-0.15, -0.1) is 0 Å². The third-order valence-electron chi connectivity index (χ3n) is 5.28. The van der Waals surface area contributed by atoms with Crippen LogP contribution < -0.4 is 15.1 Å². The molecule has 2 saturated heterocycles. The minimum absolute atomic E-state index is 0.273. The number of hydrogen-bond donors (Lipinski definition) is 1. The van der Waals surface area contributed by atoms with Crippen molar-refractivity contribution in [2.24, 2.45) is 0 Å². The molecule has 1 N–H and O–H groups in total. The zero-order valence-electron chi connectivity index (χ0n) is 16.2. The Balaban J connectivity index is 1.73. The molecule has 0 atom stereocenters. The highest BCUT2D eigenvalue weighted by molar-refractivity contribution is 6.39. The van der Waals surface area contributed by atoms with Gasteiger partial charge >= 0.3 is 6.03 Å². The van der Waals surface area contributed by atoms with Gasteiger partial charge in [-0.25, -0.2) is 18.5 Å². The summed E-state index contributed by atoms with van der Waals surface area (Å²) >= 11 is 0. The number of halogens is 2. The van der Waals surface area contributed by atoms with E-state index < -0.39 is 29.5 Å². The molecule has 0 aromatic heterocycles. The van der Waals surface area contributed by atoms with E-state index in [1.54, 1.807) is 13.0 Å². The van der Waals surface area contributed by atoms with Crippen molar-refractivity contribution in [2.45, 2.75) is 19.8 Å². The van der Waals surface area contributed by atoms with E-state index in [0.717, 1.165) is 32.0 Å². The molecule has 0 spiro atoms. The van der Waals surface area contributed by atoms with Gasteiger partial charge in [-0.3, -0.25) is 14.9 Å². The van der Waals surface area contributed by atoms with Crippen LogP contribution in [-0.2, 0) is 9.59 Å². The maximum atomic E-state index is 14.7. The summed E-state index contributed by atoms with van der Waals surface area (Å²) in [5.41, 5.74) is 0.826. The molecule has 154 valence electrons. The van der Waals surface area contributed by atoms with E-state index in [-0.39, 0.29) is 11.3 Å². The van der Waals surface area contributed by atoms with Crippen LogP contribution in [-0.4, -0.2) is 30.9 Å². The van der Waals surface area contributed by atoms with E-state index in [4.69, 9.17) is 0 Å². The molecular weight excluding hydrogens is 392 g/mol. The SMILES string of the molecule is Cc1cc(N2CCCC2)c(F)cc1/C=C1\C(=O)NC(=O)N(c2ccccc2F)C1=O. The van der Waals surface area contributed by atoms with Crippen molar-refractivity contribution in [1.29, 1.82) is 0 Å². The molecule has 4 rings (SSSR count). The van der Waals surface area contributed by atoms with Crippen LogP contribution in [0.15, 0.2) is 42.0 Å². The highest BCUT2D eigenvalue weighted by atomic mass is 19.1. The maximum absolute atomic E-state index is 14.7. The van der Waals surface area contributed by atoms with E-state index in [9.17, 15) is 23.2 Å². The molecule has 2 aliphatic rings. The fourth-order valence-corrected chi connectivity index (χ4v) is 3.70. The number of rotatable bonds is 3.